The summed E-state index contributed by atoms with van der Waals surface area (Å²) in [5.41, 5.74) is 4.52. The number of rotatable bonds is 5. The van der Waals surface area contributed by atoms with Gasteiger partial charge in [0.15, 0.2) is 0 Å². The first-order valence-corrected chi connectivity index (χ1v) is 11.5. The normalized spacial score (nSPS) is 14.4. The maximum Gasteiger partial charge on any atom is 0.264 e. The lowest BCUT2D eigenvalue weighted by atomic mass is 10.1. The van der Waals surface area contributed by atoms with Crippen molar-refractivity contribution in [1.29, 1.82) is 0 Å². The number of hydrogen-bond donors (Lipinski definition) is 1. The number of anilines is 1. The SMILES string of the molecule is Cc1cccc(/C=C2\Sc3ccc(C(=O)NCCc4ccc(Cl)cc4)cc3N(C)C2=O)c1. The summed E-state index contributed by atoms with van der Waals surface area (Å²) in [7, 11) is 1.74. The number of likely N-dealkylation sites (N-methyl/N-ethyl adjacent to an activating group) is 1. The molecular weight excluding hydrogens is 440 g/mol. The number of benzene rings is 3. The second kappa shape index (κ2) is 9.63. The Morgan fingerprint density at radius 3 is 2.62 bits per heavy atom. The molecule has 0 aromatic heterocycles. The highest BCUT2D eigenvalue weighted by atomic mass is 35.5. The molecule has 1 aliphatic rings. The van der Waals surface area contributed by atoms with E-state index in [2.05, 4.69) is 5.32 Å². The third kappa shape index (κ3) is 5.06. The molecule has 6 heteroatoms. The van der Waals surface area contributed by atoms with Crippen molar-refractivity contribution in [2.24, 2.45) is 0 Å². The summed E-state index contributed by atoms with van der Waals surface area (Å²) in [5.74, 6) is -0.238. The first-order chi connectivity index (χ1) is 15.4. The number of amides is 2. The molecule has 0 saturated carbocycles. The molecule has 0 unspecified atom stereocenters. The van der Waals surface area contributed by atoms with Gasteiger partial charge in [0.2, 0.25) is 0 Å². The number of carbonyl (C=O) groups is 2. The smallest absolute Gasteiger partial charge is 0.264 e. The van der Waals surface area contributed by atoms with Crippen LogP contribution in [0.25, 0.3) is 6.08 Å². The Kier molecular flexibility index (Phi) is 6.68. The third-order valence-electron chi connectivity index (χ3n) is 5.27. The largest absolute Gasteiger partial charge is 0.352 e. The zero-order chi connectivity index (χ0) is 22.7. The molecule has 0 fully saturated rings. The molecule has 1 heterocycles. The van der Waals surface area contributed by atoms with Gasteiger partial charge in [-0.15, -0.1) is 0 Å². The molecule has 2 amide bonds. The zero-order valence-corrected chi connectivity index (χ0v) is 19.5. The molecule has 0 spiro atoms. The summed E-state index contributed by atoms with van der Waals surface area (Å²) in [5, 5.41) is 3.64. The lowest BCUT2D eigenvalue weighted by Crippen LogP contribution is -2.31. The van der Waals surface area contributed by atoms with Gasteiger partial charge in [0.1, 0.15) is 0 Å². The van der Waals surface area contributed by atoms with Gasteiger partial charge in [-0.3, -0.25) is 9.59 Å². The van der Waals surface area contributed by atoms with E-state index in [0.29, 0.717) is 22.0 Å². The van der Waals surface area contributed by atoms with Crippen LogP contribution in [0.3, 0.4) is 0 Å². The maximum absolute atomic E-state index is 12.9. The summed E-state index contributed by atoms with van der Waals surface area (Å²) >= 11 is 7.34. The molecule has 4 rings (SSSR count). The van der Waals surface area contributed by atoms with Crippen molar-refractivity contribution in [3.05, 3.63) is 98.9 Å². The molecular formula is C26H23ClN2O2S. The number of hydrogen-bond acceptors (Lipinski definition) is 3. The Morgan fingerprint density at radius 1 is 1.09 bits per heavy atom. The van der Waals surface area contributed by atoms with Crippen molar-refractivity contribution >= 4 is 46.9 Å². The Bertz CT molecular complexity index is 1200. The Morgan fingerprint density at radius 2 is 1.88 bits per heavy atom. The highest BCUT2D eigenvalue weighted by molar-refractivity contribution is 8.04. The predicted octanol–water partition coefficient (Wildman–Crippen LogP) is 5.73. The van der Waals surface area contributed by atoms with E-state index in [0.717, 1.165) is 33.7 Å². The van der Waals surface area contributed by atoms with Crippen molar-refractivity contribution in [2.75, 3.05) is 18.5 Å². The van der Waals surface area contributed by atoms with Gasteiger partial charge < -0.3 is 10.2 Å². The van der Waals surface area contributed by atoms with Gasteiger partial charge in [-0.1, -0.05) is 65.3 Å². The first-order valence-electron chi connectivity index (χ1n) is 10.3. The summed E-state index contributed by atoms with van der Waals surface area (Å²) < 4.78 is 0. The maximum atomic E-state index is 12.9. The molecule has 3 aromatic rings. The van der Waals surface area contributed by atoms with Gasteiger partial charge in [0.25, 0.3) is 11.8 Å². The van der Waals surface area contributed by atoms with E-state index >= 15 is 0 Å². The van der Waals surface area contributed by atoms with Crippen molar-refractivity contribution in [1.82, 2.24) is 5.32 Å². The lowest BCUT2D eigenvalue weighted by molar-refractivity contribution is -0.114. The van der Waals surface area contributed by atoms with E-state index in [1.165, 1.54) is 11.8 Å². The second-order valence-electron chi connectivity index (χ2n) is 7.70. The van der Waals surface area contributed by atoms with E-state index in [1.54, 1.807) is 24.1 Å². The van der Waals surface area contributed by atoms with Crippen LogP contribution in [-0.2, 0) is 11.2 Å². The summed E-state index contributed by atoms with van der Waals surface area (Å²) in [4.78, 5) is 28.8. The van der Waals surface area contributed by atoms with Crippen LogP contribution in [0.4, 0.5) is 5.69 Å². The molecule has 32 heavy (non-hydrogen) atoms. The molecule has 3 aromatic carbocycles. The summed E-state index contributed by atoms with van der Waals surface area (Å²) in [6, 6.07) is 21.1. The molecule has 0 radical (unpaired) electrons. The van der Waals surface area contributed by atoms with Crippen LogP contribution in [0.1, 0.15) is 27.0 Å². The van der Waals surface area contributed by atoms with E-state index in [1.807, 2.05) is 67.6 Å². The summed E-state index contributed by atoms with van der Waals surface area (Å²) in [6.07, 6.45) is 2.63. The average Bonchev–Trinajstić information content (AvgIpc) is 2.78. The quantitative estimate of drug-likeness (QED) is 0.492. The second-order valence-corrected chi connectivity index (χ2v) is 9.22. The van der Waals surface area contributed by atoms with Crippen molar-refractivity contribution < 1.29 is 9.59 Å². The topological polar surface area (TPSA) is 49.4 Å². The number of carbonyl (C=O) groups excluding carboxylic acids is 2. The van der Waals surface area contributed by atoms with Gasteiger partial charge in [-0.05, 0) is 60.9 Å². The molecule has 0 atom stereocenters. The van der Waals surface area contributed by atoms with Crippen LogP contribution >= 0.6 is 23.4 Å². The fraction of sp³-hybridized carbons (Fsp3) is 0.154. The van der Waals surface area contributed by atoms with Gasteiger partial charge in [-0.25, -0.2) is 0 Å². The monoisotopic (exact) mass is 462 g/mol. The van der Waals surface area contributed by atoms with E-state index < -0.39 is 0 Å². The predicted molar refractivity (Wildman–Crippen MR) is 132 cm³/mol. The molecule has 0 aliphatic carbocycles. The molecule has 4 nitrogen and oxygen atoms in total. The van der Waals surface area contributed by atoms with Crippen molar-refractivity contribution in [2.45, 2.75) is 18.2 Å². The minimum Gasteiger partial charge on any atom is -0.352 e. The van der Waals surface area contributed by atoms with E-state index in [4.69, 9.17) is 11.6 Å². The van der Waals surface area contributed by atoms with Crippen LogP contribution in [0.5, 0.6) is 0 Å². The van der Waals surface area contributed by atoms with Crippen molar-refractivity contribution in [3.8, 4) is 0 Å². The number of aryl methyl sites for hydroxylation is 1. The Hall–Kier alpha value is -3.02. The molecule has 1 aliphatic heterocycles. The van der Waals surface area contributed by atoms with Crippen LogP contribution in [0, 0.1) is 6.92 Å². The van der Waals surface area contributed by atoms with E-state index in [9.17, 15) is 9.59 Å². The van der Waals surface area contributed by atoms with Crippen molar-refractivity contribution in [3.63, 3.8) is 0 Å². The number of nitrogens with one attached hydrogen (secondary N) is 1. The fourth-order valence-corrected chi connectivity index (χ4v) is 4.74. The molecule has 0 bridgehead atoms. The van der Waals surface area contributed by atoms with Gasteiger partial charge in [0.05, 0.1) is 10.6 Å². The lowest BCUT2D eigenvalue weighted by Gasteiger charge is -2.27. The minimum atomic E-state index is -0.159. The molecule has 162 valence electrons. The standard InChI is InChI=1S/C26H23ClN2O2S/c1-17-4-3-5-19(14-17)15-24-26(31)29(2)22-16-20(8-11-23(22)32-24)25(30)28-13-12-18-6-9-21(27)10-7-18/h3-11,14-16H,12-13H2,1-2H3,(H,28,30)/b24-15-. The highest BCUT2D eigenvalue weighted by Gasteiger charge is 2.27. The Balaban J connectivity index is 1.46. The van der Waals surface area contributed by atoms with Gasteiger partial charge >= 0.3 is 0 Å². The van der Waals surface area contributed by atoms with Gasteiger partial charge in [-0.2, -0.15) is 0 Å². The van der Waals surface area contributed by atoms with Crippen LogP contribution in [-0.4, -0.2) is 25.4 Å². The van der Waals surface area contributed by atoms with Crippen LogP contribution < -0.4 is 10.2 Å². The number of thioether (sulfide) groups is 1. The average molecular weight is 463 g/mol. The summed E-state index contributed by atoms with van der Waals surface area (Å²) in [6.45, 7) is 2.55. The van der Waals surface area contributed by atoms with Gasteiger partial charge in [0, 0.05) is 29.1 Å². The number of fused-ring (bicyclic) bond motifs is 1. The molecule has 0 saturated heterocycles. The fourth-order valence-electron chi connectivity index (χ4n) is 3.52. The molecule has 1 N–H and O–H groups in total. The highest BCUT2D eigenvalue weighted by Crippen LogP contribution is 2.42. The zero-order valence-electron chi connectivity index (χ0n) is 17.9. The van der Waals surface area contributed by atoms with E-state index in [-0.39, 0.29) is 11.8 Å². The van der Waals surface area contributed by atoms with Crippen LogP contribution in [0.2, 0.25) is 5.02 Å². The Labute approximate surface area is 197 Å². The minimum absolute atomic E-state index is 0.0793. The number of halogens is 1. The first kappa shape index (κ1) is 22.2. The van der Waals surface area contributed by atoms with Crippen LogP contribution in [0.15, 0.2) is 76.5 Å². The third-order valence-corrected chi connectivity index (χ3v) is 6.60. The number of nitrogens with zero attached hydrogens (tertiary/aromatic N) is 1.